The number of benzene rings is 2. The molecule has 142 valence electrons. The van der Waals surface area contributed by atoms with Crippen molar-refractivity contribution in [2.24, 2.45) is 0 Å². The molecule has 0 saturated carbocycles. The molecule has 1 unspecified atom stereocenters. The summed E-state index contributed by atoms with van der Waals surface area (Å²) in [6.45, 7) is 2.39. The monoisotopic (exact) mass is 386 g/mol. The van der Waals surface area contributed by atoms with E-state index in [1.54, 1.807) is 24.3 Å². The van der Waals surface area contributed by atoms with E-state index < -0.39 is 16.1 Å². The summed E-state index contributed by atoms with van der Waals surface area (Å²) in [4.78, 5) is 3.53. The average Bonchev–Trinajstić information content (AvgIpc) is 3.05. The van der Waals surface area contributed by atoms with Crippen LogP contribution in [0.3, 0.4) is 0 Å². The Balaban J connectivity index is 1.71. The van der Waals surface area contributed by atoms with E-state index in [1.165, 1.54) is 4.31 Å². The molecule has 1 aliphatic heterocycles. The predicted molar refractivity (Wildman–Crippen MR) is 103 cm³/mol. The summed E-state index contributed by atoms with van der Waals surface area (Å²) in [5.74, 6) is 0.631. The highest BCUT2D eigenvalue weighted by Crippen LogP contribution is 2.33. The number of H-pyrrole nitrogens is 1. The summed E-state index contributed by atoms with van der Waals surface area (Å²) >= 11 is 0. The second-order valence-electron chi connectivity index (χ2n) is 6.62. The van der Waals surface area contributed by atoms with Crippen molar-refractivity contribution in [2.75, 3.05) is 13.2 Å². The van der Waals surface area contributed by atoms with Crippen molar-refractivity contribution in [2.45, 2.75) is 30.8 Å². The molecule has 1 atom stereocenters. The Morgan fingerprint density at radius 1 is 1.19 bits per heavy atom. The number of aliphatic hydroxyl groups excluding tert-OH is 1. The van der Waals surface area contributed by atoms with Crippen LogP contribution >= 0.6 is 0 Å². The molecule has 0 saturated heterocycles. The zero-order valence-corrected chi connectivity index (χ0v) is 15.9. The van der Waals surface area contributed by atoms with Crippen LogP contribution in [0, 0.1) is 0 Å². The summed E-state index contributed by atoms with van der Waals surface area (Å²) in [6, 6.07) is 13.8. The van der Waals surface area contributed by atoms with E-state index in [9.17, 15) is 13.5 Å². The highest BCUT2D eigenvalue weighted by Gasteiger charge is 2.36. The summed E-state index contributed by atoms with van der Waals surface area (Å²) in [7, 11) is -3.74. The number of hydrogen-bond donors (Lipinski definition) is 2. The van der Waals surface area contributed by atoms with E-state index in [0.717, 1.165) is 22.2 Å². The first-order valence-corrected chi connectivity index (χ1v) is 10.4. The number of rotatable bonds is 5. The minimum absolute atomic E-state index is 0.198. The molecular formula is C20H22N2O4S. The van der Waals surface area contributed by atoms with E-state index in [4.69, 9.17) is 4.74 Å². The fourth-order valence-corrected chi connectivity index (χ4v) is 5.28. The van der Waals surface area contributed by atoms with Crippen LogP contribution in [0.2, 0.25) is 0 Å². The zero-order chi connectivity index (χ0) is 19.0. The highest BCUT2D eigenvalue weighted by molar-refractivity contribution is 7.89. The van der Waals surface area contributed by atoms with Gasteiger partial charge in [0.15, 0.2) is 0 Å². The molecule has 3 aromatic rings. The van der Waals surface area contributed by atoms with E-state index >= 15 is 0 Å². The Morgan fingerprint density at radius 3 is 2.63 bits per heavy atom. The van der Waals surface area contributed by atoms with Gasteiger partial charge in [-0.3, -0.25) is 0 Å². The molecule has 0 fully saturated rings. The topological polar surface area (TPSA) is 82.6 Å². The number of aliphatic hydroxyl groups is 1. The fraction of sp³-hybridized carbons (Fsp3) is 0.300. The first kappa shape index (κ1) is 18.0. The van der Waals surface area contributed by atoms with Crippen molar-refractivity contribution in [3.63, 3.8) is 0 Å². The smallest absolute Gasteiger partial charge is 0.243 e. The van der Waals surface area contributed by atoms with Gasteiger partial charge in [0.25, 0.3) is 0 Å². The van der Waals surface area contributed by atoms with Crippen molar-refractivity contribution in [1.82, 2.24) is 9.29 Å². The number of aromatic amines is 1. The van der Waals surface area contributed by atoms with Crippen molar-refractivity contribution in [1.29, 1.82) is 0 Å². The largest absolute Gasteiger partial charge is 0.494 e. The zero-order valence-electron chi connectivity index (χ0n) is 15.1. The number of ether oxygens (including phenoxy) is 1. The van der Waals surface area contributed by atoms with Gasteiger partial charge >= 0.3 is 0 Å². The molecule has 4 rings (SSSR count). The van der Waals surface area contributed by atoms with Crippen molar-refractivity contribution < 1.29 is 18.3 Å². The van der Waals surface area contributed by atoms with Gasteiger partial charge in [-0.2, -0.15) is 4.31 Å². The van der Waals surface area contributed by atoms with E-state index in [2.05, 4.69) is 4.98 Å². The van der Waals surface area contributed by atoms with E-state index in [-0.39, 0.29) is 18.0 Å². The highest BCUT2D eigenvalue weighted by atomic mass is 32.2. The molecule has 0 aliphatic carbocycles. The molecule has 2 N–H and O–H groups in total. The summed E-state index contributed by atoms with van der Waals surface area (Å²) in [6.07, 6.45) is 0.478. The SMILES string of the molecule is CCOc1ccc(S(=O)(=O)N2Cc3[nH]c4ccccc4c3CC2CO)cc1. The van der Waals surface area contributed by atoms with Crippen LogP contribution in [0.5, 0.6) is 5.75 Å². The molecule has 6 nitrogen and oxygen atoms in total. The summed E-state index contributed by atoms with van der Waals surface area (Å²) < 4.78 is 33.2. The van der Waals surface area contributed by atoms with Gasteiger partial charge in [0, 0.05) is 16.6 Å². The molecule has 27 heavy (non-hydrogen) atoms. The lowest BCUT2D eigenvalue weighted by Crippen LogP contribution is -2.46. The number of para-hydroxylation sites is 1. The first-order chi connectivity index (χ1) is 13.0. The van der Waals surface area contributed by atoms with Gasteiger partial charge < -0.3 is 14.8 Å². The first-order valence-electron chi connectivity index (χ1n) is 8.98. The van der Waals surface area contributed by atoms with Gasteiger partial charge in [0.05, 0.1) is 30.7 Å². The average molecular weight is 386 g/mol. The number of nitrogens with zero attached hydrogens (tertiary/aromatic N) is 1. The lowest BCUT2D eigenvalue weighted by Gasteiger charge is -2.33. The third-order valence-electron chi connectivity index (χ3n) is 5.02. The van der Waals surface area contributed by atoms with Gasteiger partial charge in [0.2, 0.25) is 10.0 Å². The van der Waals surface area contributed by atoms with Crippen LogP contribution in [0.25, 0.3) is 10.9 Å². The molecule has 0 spiro atoms. The minimum atomic E-state index is -3.74. The molecule has 0 radical (unpaired) electrons. The van der Waals surface area contributed by atoms with Gasteiger partial charge in [-0.05, 0) is 49.2 Å². The number of sulfonamides is 1. The molecule has 2 aromatic carbocycles. The molecule has 2 heterocycles. The summed E-state index contributed by atoms with van der Waals surface area (Å²) in [5.41, 5.74) is 2.96. The van der Waals surface area contributed by atoms with Crippen LogP contribution in [0.15, 0.2) is 53.4 Å². The molecule has 7 heteroatoms. The van der Waals surface area contributed by atoms with Crippen molar-refractivity contribution in [3.8, 4) is 5.75 Å². The van der Waals surface area contributed by atoms with Crippen LogP contribution < -0.4 is 4.74 Å². The lowest BCUT2D eigenvalue weighted by atomic mass is 9.99. The molecule has 0 bridgehead atoms. The minimum Gasteiger partial charge on any atom is -0.494 e. The Morgan fingerprint density at radius 2 is 1.93 bits per heavy atom. The van der Waals surface area contributed by atoms with Crippen LogP contribution in [-0.4, -0.2) is 42.1 Å². The maximum atomic E-state index is 13.2. The maximum absolute atomic E-state index is 13.2. The molecular weight excluding hydrogens is 364 g/mol. The standard InChI is InChI=1S/C20H22N2O4S/c1-2-26-15-7-9-16(10-8-15)27(24,25)22-12-20-18(11-14(22)13-23)17-5-3-4-6-19(17)21-20/h3-10,14,21,23H,2,11-13H2,1H3. The van der Waals surface area contributed by atoms with Gasteiger partial charge in [-0.1, -0.05) is 18.2 Å². The normalized spacial score (nSPS) is 17.8. The lowest BCUT2D eigenvalue weighted by molar-refractivity contribution is 0.173. The van der Waals surface area contributed by atoms with Crippen molar-refractivity contribution in [3.05, 3.63) is 59.8 Å². The Bertz CT molecular complexity index is 1060. The third-order valence-corrected chi connectivity index (χ3v) is 6.93. The number of aromatic nitrogens is 1. The van der Waals surface area contributed by atoms with Gasteiger partial charge in [-0.15, -0.1) is 0 Å². The maximum Gasteiger partial charge on any atom is 0.243 e. The Kier molecular flexibility index (Phi) is 4.67. The number of nitrogens with one attached hydrogen (secondary N) is 1. The van der Waals surface area contributed by atoms with Crippen LogP contribution in [-0.2, 0) is 23.0 Å². The Hall–Kier alpha value is -2.35. The number of fused-ring (bicyclic) bond motifs is 3. The second kappa shape index (κ2) is 6.99. The quantitative estimate of drug-likeness (QED) is 0.706. The fourth-order valence-electron chi connectivity index (χ4n) is 3.69. The Labute approximate surface area is 158 Å². The van der Waals surface area contributed by atoms with Gasteiger partial charge in [0.1, 0.15) is 5.75 Å². The molecule has 0 amide bonds. The predicted octanol–water partition coefficient (Wildman–Crippen LogP) is 2.67. The second-order valence-corrected chi connectivity index (χ2v) is 8.51. The van der Waals surface area contributed by atoms with E-state index in [1.807, 2.05) is 31.2 Å². The van der Waals surface area contributed by atoms with Crippen LogP contribution in [0.1, 0.15) is 18.2 Å². The third kappa shape index (κ3) is 3.12. The summed E-state index contributed by atoms with van der Waals surface area (Å²) in [5, 5.41) is 11.0. The number of hydrogen-bond acceptors (Lipinski definition) is 4. The molecule has 1 aromatic heterocycles. The molecule has 1 aliphatic rings. The van der Waals surface area contributed by atoms with E-state index in [0.29, 0.717) is 18.8 Å². The van der Waals surface area contributed by atoms with Crippen molar-refractivity contribution >= 4 is 20.9 Å². The van der Waals surface area contributed by atoms with Crippen LogP contribution in [0.4, 0.5) is 0 Å². The van der Waals surface area contributed by atoms with Gasteiger partial charge in [-0.25, -0.2) is 8.42 Å².